The average Bonchev–Trinajstić information content (AvgIpc) is 3.10. The number of benzene rings is 1. The van der Waals surface area contributed by atoms with Crippen LogP contribution in [0.5, 0.6) is 0 Å². The van der Waals surface area contributed by atoms with E-state index in [2.05, 4.69) is 15.1 Å². The molecule has 6 nitrogen and oxygen atoms in total. The van der Waals surface area contributed by atoms with Crippen LogP contribution in [0.25, 0.3) is 28.1 Å². The molecule has 1 aromatic carbocycles. The number of rotatable bonds is 3. The number of aliphatic hydroxyl groups excluding tert-OH is 1. The lowest BCUT2D eigenvalue weighted by Gasteiger charge is -2.04. The Morgan fingerprint density at radius 3 is 2.68 bits per heavy atom. The van der Waals surface area contributed by atoms with Gasteiger partial charge in [-0.05, 0) is 37.6 Å². The second kappa shape index (κ2) is 5.98. The first-order valence-corrected chi connectivity index (χ1v) is 8.54. The van der Waals surface area contributed by atoms with Gasteiger partial charge in [0.1, 0.15) is 12.0 Å². The largest absolute Gasteiger partial charge is 0.395 e. The van der Waals surface area contributed by atoms with Gasteiger partial charge in [0.15, 0.2) is 11.5 Å². The third-order valence-electron chi connectivity index (χ3n) is 4.44. The van der Waals surface area contributed by atoms with Gasteiger partial charge >= 0.3 is 0 Å². The van der Waals surface area contributed by atoms with Gasteiger partial charge in [-0.2, -0.15) is 0 Å². The summed E-state index contributed by atoms with van der Waals surface area (Å²) in [5, 5.41) is 15.8. The summed E-state index contributed by atoms with van der Waals surface area (Å²) in [5.41, 5.74) is 4.34. The zero-order chi connectivity index (χ0) is 17.7. The Kier molecular flexibility index (Phi) is 3.91. The van der Waals surface area contributed by atoms with Gasteiger partial charge in [0.05, 0.1) is 17.0 Å². The fourth-order valence-corrected chi connectivity index (χ4v) is 3.58. The van der Waals surface area contributed by atoms with Crippen LogP contribution >= 0.6 is 23.2 Å². The summed E-state index contributed by atoms with van der Waals surface area (Å²) in [6.45, 7) is 4.58. The van der Waals surface area contributed by atoms with E-state index in [0.29, 0.717) is 33.6 Å². The minimum atomic E-state index is 0.0508. The van der Waals surface area contributed by atoms with Crippen LogP contribution in [0.2, 0.25) is 10.0 Å². The van der Waals surface area contributed by atoms with Crippen LogP contribution in [-0.4, -0.2) is 35.9 Å². The van der Waals surface area contributed by atoms with E-state index in [1.165, 1.54) is 0 Å². The number of aromatic nitrogens is 5. The van der Waals surface area contributed by atoms with E-state index in [9.17, 15) is 5.11 Å². The predicted octanol–water partition coefficient (Wildman–Crippen LogP) is 3.66. The molecule has 0 aliphatic heterocycles. The van der Waals surface area contributed by atoms with Crippen LogP contribution in [-0.2, 0) is 6.54 Å². The lowest BCUT2D eigenvalue weighted by atomic mass is 10.2. The maximum Gasteiger partial charge on any atom is 0.183 e. The third kappa shape index (κ3) is 2.49. The smallest absolute Gasteiger partial charge is 0.183 e. The van der Waals surface area contributed by atoms with Crippen molar-refractivity contribution in [2.24, 2.45) is 0 Å². The zero-order valence-electron chi connectivity index (χ0n) is 13.7. The van der Waals surface area contributed by atoms with Crippen molar-refractivity contribution in [3.63, 3.8) is 0 Å². The van der Waals surface area contributed by atoms with E-state index in [1.54, 1.807) is 29.0 Å². The van der Waals surface area contributed by atoms with Crippen LogP contribution in [0, 0.1) is 13.8 Å². The molecule has 0 saturated carbocycles. The Labute approximate surface area is 153 Å². The van der Waals surface area contributed by atoms with E-state index in [-0.39, 0.29) is 6.61 Å². The fraction of sp³-hybridized carbons (Fsp3) is 0.235. The van der Waals surface area contributed by atoms with Crippen molar-refractivity contribution < 1.29 is 5.11 Å². The summed E-state index contributed by atoms with van der Waals surface area (Å²) in [7, 11) is 0. The minimum absolute atomic E-state index is 0.0508. The molecule has 0 aliphatic rings. The van der Waals surface area contributed by atoms with Crippen LogP contribution in [0.15, 0.2) is 24.5 Å². The SMILES string of the molecule is Cc1c(C)n(CCO)c2ncn3nc(-c4ccc(Cl)cc4Cl)nc3c12. The van der Waals surface area contributed by atoms with Gasteiger partial charge in [-0.1, -0.05) is 23.2 Å². The molecule has 0 amide bonds. The standard InChI is InChI=1S/C17H15Cl2N5O/c1-9-10(2)23(5-6-25)16-14(9)17-21-15(22-24(17)8-20-16)12-4-3-11(18)7-13(12)19/h3-4,7-8,25H,5-6H2,1-2H3. The molecule has 1 N–H and O–H groups in total. The summed E-state index contributed by atoms with van der Waals surface area (Å²) >= 11 is 12.3. The Bertz CT molecular complexity index is 1120. The number of halogens is 2. The van der Waals surface area contributed by atoms with Crippen molar-refractivity contribution in [2.45, 2.75) is 20.4 Å². The van der Waals surface area contributed by atoms with Crippen LogP contribution in [0.1, 0.15) is 11.3 Å². The monoisotopic (exact) mass is 375 g/mol. The van der Waals surface area contributed by atoms with Gasteiger partial charge < -0.3 is 9.67 Å². The molecule has 0 unspecified atom stereocenters. The Morgan fingerprint density at radius 2 is 1.96 bits per heavy atom. The van der Waals surface area contributed by atoms with Crippen molar-refractivity contribution in [2.75, 3.05) is 6.61 Å². The summed E-state index contributed by atoms with van der Waals surface area (Å²) < 4.78 is 3.65. The highest BCUT2D eigenvalue weighted by molar-refractivity contribution is 6.36. The Hall–Kier alpha value is -2.15. The molecule has 3 heterocycles. The first kappa shape index (κ1) is 16.3. The van der Waals surface area contributed by atoms with E-state index >= 15 is 0 Å². The zero-order valence-corrected chi connectivity index (χ0v) is 15.2. The molecule has 4 rings (SSSR count). The van der Waals surface area contributed by atoms with Crippen LogP contribution in [0.4, 0.5) is 0 Å². The Balaban J connectivity index is 2.00. The minimum Gasteiger partial charge on any atom is -0.395 e. The van der Waals surface area contributed by atoms with Crippen LogP contribution < -0.4 is 0 Å². The number of hydrogen-bond donors (Lipinski definition) is 1. The fourth-order valence-electron chi connectivity index (χ4n) is 3.09. The topological polar surface area (TPSA) is 68.2 Å². The third-order valence-corrected chi connectivity index (χ3v) is 4.99. The second-order valence-electron chi connectivity index (χ2n) is 5.86. The van der Waals surface area contributed by atoms with Crippen molar-refractivity contribution in [3.05, 3.63) is 45.8 Å². The summed E-state index contributed by atoms with van der Waals surface area (Å²) in [6.07, 6.45) is 1.63. The first-order chi connectivity index (χ1) is 12.0. The van der Waals surface area contributed by atoms with E-state index in [0.717, 1.165) is 22.3 Å². The lowest BCUT2D eigenvalue weighted by Crippen LogP contribution is -2.05. The molecule has 0 atom stereocenters. The quantitative estimate of drug-likeness (QED) is 0.593. The van der Waals surface area contributed by atoms with Gasteiger partial charge in [-0.15, -0.1) is 5.10 Å². The molecule has 0 bridgehead atoms. The molecule has 128 valence electrons. The van der Waals surface area contributed by atoms with Crippen LogP contribution in [0.3, 0.4) is 0 Å². The maximum atomic E-state index is 9.32. The second-order valence-corrected chi connectivity index (χ2v) is 6.70. The van der Waals surface area contributed by atoms with Crippen molar-refractivity contribution in [1.29, 1.82) is 0 Å². The molecule has 0 aliphatic carbocycles. The van der Waals surface area contributed by atoms with Crippen molar-refractivity contribution in [3.8, 4) is 11.4 Å². The number of nitrogens with zero attached hydrogens (tertiary/aromatic N) is 5. The van der Waals surface area contributed by atoms with E-state index in [1.807, 2.05) is 18.4 Å². The van der Waals surface area contributed by atoms with E-state index in [4.69, 9.17) is 23.2 Å². The molecule has 0 saturated heterocycles. The van der Waals surface area contributed by atoms with E-state index < -0.39 is 0 Å². The van der Waals surface area contributed by atoms with Gasteiger partial charge in [-0.3, -0.25) is 0 Å². The molecular formula is C17H15Cl2N5O. The summed E-state index contributed by atoms with van der Waals surface area (Å²) in [6, 6.07) is 5.24. The molecule has 8 heteroatoms. The summed E-state index contributed by atoms with van der Waals surface area (Å²) in [4.78, 5) is 9.20. The summed E-state index contributed by atoms with van der Waals surface area (Å²) in [5.74, 6) is 0.517. The lowest BCUT2D eigenvalue weighted by molar-refractivity contribution is 0.276. The molecular weight excluding hydrogens is 361 g/mol. The number of fused-ring (bicyclic) bond motifs is 3. The molecule has 3 aromatic heterocycles. The van der Waals surface area contributed by atoms with Crippen molar-refractivity contribution >= 4 is 39.9 Å². The van der Waals surface area contributed by atoms with Gasteiger partial charge in [0, 0.05) is 22.8 Å². The first-order valence-electron chi connectivity index (χ1n) is 7.78. The predicted molar refractivity (Wildman–Crippen MR) is 98.3 cm³/mol. The number of aliphatic hydroxyl groups is 1. The number of aryl methyl sites for hydroxylation is 1. The van der Waals surface area contributed by atoms with Gasteiger partial charge in [0.2, 0.25) is 0 Å². The normalized spacial score (nSPS) is 11.7. The molecule has 0 spiro atoms. The Morgan fingerprint density at radius 1 is 1.16 bits per heavy atom. The maximum absolute atomic E-state index is 9.32. The highest BCUT2D eigenvalue weighted by Gasteiger charge is 2.18. The highest BCUT2D eigenvalue weighted by atomic mass is 35.5. The van der Waals surface area contributed by atoms with Crippen molar-refractivity contribution in [1.82, 2.24) is 24.1 Å². The molecule has 4 aromatic rings. The highest BCUT2D eigenvalue weighted by Crippen LogP contribution is 2.31. The number of hydrogen-bond acceptors (Lipinski definition) is 4. The van der Waals surface area contributed by atoms with Gasteiger partial charge in [-0.25, -0.2) is 14.5 Å². The molecule has 0 fully saturated rings. The van der Waals surface area contributed by atoms with Gasteiger partial charge in [0.25, 0.3) is 0 Å². The average molecular weight is 376 g/mol. The molecule has 25 heavy (non-hydrogen) atoms. The molecule has 0 radical (unpaired) electrons.